The maximum atomic E-state index is 5.75. The molecule has 0 unspecified atom stereocenters. The number of hydrogen-bond acceptors (Lipinski definition) is 3. The number of hydrogen-bond donors (Lipinski definition) is 1. The fourth-order valence-corrected chi connectivity index (χ4v) is 2.29. The van der Waals surface area contributed by atoms with E-state index in [1.54, 1.807) is 0 Å². The Morgan fingerprint density at radius 3 is 2.44 bits per heavy atom. The van der Waals surface area contributed by atoms with Crippen molar-refractivity contribution in [1.82, 2.24) is 5.32 Å². The largest absolute Gasteiger partial charge is 0.494 e. The lowest BCUT2D eigenvalue weighted by Crippen LogP contribution is -2.35. The molecule has 3 heteroatoms. The zero-order valence-electron chi connectivity index (χ0n) is 11.2. The summed E-state index contributed by atoms with van der Waals surface area (Å²) in [5.74, 6) is 1.83. The second-order valence-corrected chi connectivity index (χ2v) is 4.69. The molecule has 0 amide bonds. The van der Waals surface area contributed by atoms with E-state index in [1.165, 1.54) is 19.3 Å². The summed E-state index contributed by atoms with van der Waals surface area (Å²) in [6.07, 6.45) is 5.04. The standard InChI is InChI=1S/C15H23NO2/c1-2-17-14-6-8-15(9-7-14)18-12-10-13-5-3-4-11-16-13/h6-9,13,16H,2-5,10-12H2,1H3/t13-/m1/s1. The number of rotatable bonds is 6. The van der Waals surface area contributed by atoms with Gasteiger partial charge in [0, 0.05) is 6.04 Å². The summed E-state index contributed by atoms with van der Waals surface area (Å²) in [6, 6.07) is 8.50. The lowest BCUT2D eigenvalue weighted by atomic mass is 10.0. The van der Waals surface area contributed by atoms with E-state index in [4.69, 9.17) is 9.47 Å². The van der Waals surface area contributed by atoms with Crippen molar-refractivity contribution in [2.45, 2.75) is 38.6 Å². The predicted molar refractivity (Wildman–Crippen MR) is 73.4 cm³/mol. The first kappa shape index (κ1) is 13.2. The highest BCUT2D eigenvalue weighted by molar-refractivity contribution is 5.31. The monoisotopic (exact) mass is 249 g/mol. The van der Waals surface area contributed by atoms with Crippen LogP contribution in [-0.2, 0) is 0 Å². The van der Waals surface area contributed by atoms with Crippen LogP contribution in [-0.4, -0.2) is 25.8 Å². The van der Waals surface area contributed by atoms with Crippen molar-refractivity contribution in [2.75, 3.05) is 19.8 Å². The molecule has 1 aliphatic rings. The first-order valence-corrected chi connectivity index (χ1v) is 6.97. The first-order chi connectivity index (χ1) is 8.88. The molecule has 0 bridgehead atoms. The Kier molecular flexibility index (Phi) is 5.34. The Bertz CT molecular complexity index is 331. The smallest absolute Gasteiger partial charge is 0.119 e. The van der Waals surface area contributed by atoms with Gasteiger partial charge in [0.1, 0.15) is 11.5 Å². The third-order valence-electron chi connectivity index (χ3n) is 3.28. The molecule has 1 aliphatic heterocycles. The molecule has 1 aromatic carbocycles. The van der Waals surface area contributed by atoms with Crippen LogP contribution < -0.4 is 14.8 Å². The van der Waals surface area contributed by atoms with Gasteiger partial charge in [-0.15, -0.1) is 0 Å². The molecule has 1 heterocycles. The third-order valence-corrected chi connectivity index (χ3v) is 3.28. The molecule has 1 saturated heterocycles. The summed E-state index contributed by atoms with van der Waals surface area (Å²) in [5, 5.41) is 3.53. The van der Waals surface area contributed by atoms with E-state index in [9.17, 15) is 0 Å². The Hall–Kier alpha value is -1.22. The van der Waals surface area contributed by atoms with Gasteiger partial charge in [0.25, 0.3) is 0 Å². The summed E-state index contributed by atoms with van der Waals surface area (Å²) in [4.78, 5) is 0. The highest BCUT2D eigenvalue weighted by Crippen LogP contribution is 2.18. The van der Waals surface area contributed by atoms with Crippen molar-refractivity contribution in [3.8, 4) is 11.5 Å². The van der Waals surface area contributed by atoms with Gasteiger partial charge in [0.05, 0.1) is 13.2 Å². The van der Waals surface area contributed by atoms with Gasteiger partial charge >= 0.3 is 0 Å². The Morgan fingerprint density at radius 2 is 1.83 bits per heavy atom. The Balaban J connectivity index is 1.69. The normalized spacial score (nSPS) is 19.5. The van der Waals surface area contributed by atoms with Crippen LogP contribution in [0.25, 0.3) is 0 Å². The minimum Gasteiger partial charge on any atom is -0.494 e. The summed E-state index contributed by atoms with van der Waals surface area (Å²) in [6.45, 7) is 4.63. The molecule has 0 aromatic heterocycles. The van der Waals surface area contributed by atoms with Gasteiger partial charge in [-0.25, -0.2) is 0 Å². The lowest BCUT2D eigenvalue weighted by Gasteiger charge is -2.23. The third kappa shape index (κ3) is 4.22. The molecule has 0 spiro atoms. The van der Waals surface area contributed by atoms with Gasteiger partial charge in [-0.05, 0) is 57.0 Å². The maximum Gasteiger partial charge on any atom is 0.119 e. The minimum atomic E-state index is 0.640. The lowest BCUT2D eigenvalue weighted by molar-refractivity contribution is 0.267. The van der Waals surface area contributed by atoms with Crippen LogP contribution in [0, 0.1) is 0 Å². The van der Waals surface area contributed by atoms with E-state index in [1.807, 2.05) is 31.2 Å². The van der Waals surface area contributed by atoms with Crippen LogP contribution in [0.3, 0.4) is 0 Å². The molecule has 1 N–H and O–H groups in total. The van der Waals surface area contributed by atoms with Crippen LogP contribution in [0.4, 0.5) is 0 Å². The van der Waals surface area contributed by atoms with Gasteiger partial charge in [-0.2, -0.15) is 0 Å². The van der Waals surface area contributed by atoms with Crippen molar-refractivity contribution >= 4 is 0 Å². The fourth-order valence-electron chi connectivity index (χ4n) is 2.29. The quantitative estimate of drug-likeness (QED) is 0.840. The van der Waals surface area contributed by atoms with Crippen LogP contribution >= 0.6 is 0 Å². The number of ether oxygens (including phenoxy) is 2. The molecule has 100 valence electrons. The first-order valence-electron chi connectivity index (χ1n) is 6.97. The van der Waals surface area contributed by atoms with Gasteiger partial charge in [-0.1, -0.05) is 6.42 Å². The van der Waals surface area contributed by atoms with Crippen LogP contribution in [0.1, 0.15) is 32.6 Å². The van der Waals surface area contributed by atoms with Gasteiger partial charge in [0.15, 0.2) is 0 Å². The van der Waals surface area contributed by atoms with Crippen LogP contribution in [0.2, 0.25) is 0 Å². The van der Waals surface area contributed by atoms with Gasteiger partial charge in [0.2, 0.25) is 0 Å². The summed E-state index contributed by atoms with van der Waals surface area (Å²) in [7, 11) is 0. The van der Waals surface area contributed by atoms with Gasteiger partial charge in [-0.3, -0.25) is 0 Å². The summed E-state index contributed by atoms with van der Waals surface area (Å²) in [5.41, 5.74) is 0. The molecule has 0 saturated carbocycles. The van der Waals surface area contributed by atoms with Crippen molar-refractivity contribution in [3.63, 3.8) is 0 Å². The molecule has 1 atom stereocenters. The number of nitrogens with one attached hydrogen (secondary N) is 1. The second kappa shape index (κ2) is 7.27. The molecule has 1 aromatic rings. The summed E-state index contributed by atoms with van der Waals surface area (Å²) < 4.78 is 11.1. The fraction of sp³-hybridized carbons (Fsp3) is 0.600. The average Bonchev–Trinajstić information content (AvgIpc) is 2.42. The Labute approximate surface area is 109 Å². The molecular weight excluding hydrogens is 226 g/mol. The minimum absolute atomic E-state index is 0.640. The van der Waals surface area contributed by atoms with Crippen molar-refractivity contribution in [3.05, 3.63) is 24.3 Å². The van der Waals surface area contributed by atoms with Gasteiger partial charge < -0.3 is 14.8 Å². The Morgan fingerprint density at radius 1 is 1.11 bits per heavy atom. The molecular formula is C15H23NO2. The van der Waals surface area contributed by atoms with E-state index >= 15 is 0 Å². The van der Waals surface area contributed by atoms with Crippen LogP contribution in [0.15, 0.2) is 24.3 Å². The highest BCUT2D eigenvalue weighted by atomic mass is 16.5. The van der Waals surface area contributed by atoms with Crippen molar-refractivity contribution in [1.29, 1.82) is 0 Å². The zero-order valence-corrected chi connectivity index (χ0v) is 11.2. The molecule has 1 fully saturated rings. The molecule has 18 heavy (non-hydrogen) atoms. The number of benzene rings is 1. The molecule has 3 nitrogen and oxygen atoms in total. The van der Waals surface area contributed by atoms with E-state index in [0.717, 1.165) is 31.1 Å². The van der Waals surface area contributed by atoms with Crippen LogP contribution in [0.5, 0.6) is 11.5 Å². The summed E-state index contributed by atoms with van der Waals surface area (Å²) >= 11 is 0. The molecule has 0 aliphatic carbocycles. The van der Waals surface area contributed by atoms with E-state index < -0.39 is 0 Å². The van der Waals surface area contributed by atoms with E-state index in [0.29, 0.717) is 12.6 Å². The zero-order chi connectivity index (χ0) is 12.6. The van der Waals surface area contributed by atoms with Crippen molar-refractivity contribution < 1.29 is 9.47 Å². The SMILES string of the molecule is CCOc1ccc(OCC[C@H]2CCCCN2)cc1. The topological polar surface area (TPSA) is 30.5 Å². The predicted octanol–water partition coefficient (Wildman–Crippen LogP) is 3.00. The molecule has 2 rings (SSSR count). The molecule has 0 radical (unpaired) electrons. The second-order valence-electron chi connectivity index (χ2n) is 4.69. The maximum absolute atomic E-state index is 5.75. The number of piperidine rings is 1. The van der Waals surface area contributed by atoms with Crippen molar-refractivity contribution in [2.24, 2.45) is 0 Å². The van der Waals surface area contributed by atoms with E-state index in [-0.39, 0.29) is 0 Å². The average molecular weight is 249 g/mol. The van der Waals surface area contributed by atoms with E-state index in [2.05, 4.69) is 5.32 Å². The highest BCUT2D eigenvalue weighted by Gasteiger charge is 2.11.